The molecule has 3 heteroatoms. The fourth-order valence-electron chi connectivity index (χ4n) is 0.591. The minimum Gasteiger partial charge on any atom is -0.494 e. The van der Waals surface area contributed by atoms with Crippen molar-refractivity contribution >= 4 is 5.97 Å². The first kappa shape index (κ1) is 9.75. The van der Waals surface area contributed by atoms with Gasteiger partial charge in [0.05, 0.1) is 12.7 Å². The van der Waals surface area contributed by atoms with Gasteiger partial charge in [-0.3, -0.25) is 0 Å². The van der Waals surface area contributed by atoms with E-state index in [1.54, 1.807) is 26.0 Å². The van der Waals surface area contributed by atoms with Gasteiger partial charge in [-0.15, -0.1) is 0 Å². The zero-order valence-corrected chi connectivity index (χ0v) is 6.70. The molecule has 3 nitrogen and oxygen atoms in total. The molecule has 0 spiro atoms. The second-order valence-electron chi connectivity index (χ2n) is 1.82. The first-order valence-corrected chi connectivity index (χ1v) is 3.40. The molecule has 0 fully saturated rings. The first-order chi connectivity index (χ1) is 5.20. The Hall–Kier alpha value is -1.25. The van der Waals surface area contributed by atoms with Crippen LogP contribution in [0.1, 0.15) is 13.8 Å². The van der Waals surface area contributed by atoms with Gasteiger partial charge in [0.15, 0.2) is 0 Å². The third-order valence-electron chi connectivity index (χ3n) is 0.908. The van der Waals surface area contributed by atoms with E-state index in [0.717, 1.165) is 6.08 Å². The van der Waals surface area contributed by atoms with Crippen LogP contribution in [0, 0.1) is 0 Å². The van der Waals surface area contributed by atoms with E-state index in [0.29, 0.717) is 12.4 Å². The Bertz CT molecular complexity index is 180. The molecule has 0 atom stereocenters. The highest BCUT2D eigenvalue weighted by molar-refractivity contribution is 5.80. The lowest BCUT2D eigenvalue weighted by molar-refractivity contribution is -0.131. The van der Waals surface area contributed by atoms with Crippen LogP contribution in [0.25, 0.3) is 0 Å². The zero-order chi connectivity index (χ0) is 8.69. The Kier molecular flexibility index (Phi) is 4.90. The van der Waals surface area contributed by atoms with Gasteiger partial charge in [0.1, 0.15) is 5.76 Å². The van der Waals surface area contributed by atoms with Gasteiger partial charge in [-0.05, 0) is 19.9 Å². The quantitative estimate of drug-likeness (QED) is 0.381. The Morgan fingerprint density at radius 2 is 2.27 bits per heavy atom. The molecule has 0 aromatic rings. The normalized spacial score (nSPS) is 12.0. The molecule has 0 bridgehead atoms. The van der Waals surface area contributed by atoms with Crippen molar-refractivity contribution < 1.29 is 14.6 Å². The van der Waals surface area contributed by atoms with E-state index in [-0.39, 0.29) is 0 Å². The molecule has 0 aromatic heterocycles. The molecule has 0 radical (unpaired) electrons. The summed E-state index contributed by atoms with van der Waals surface area (Å²) in [5.41, 5.74) is 0. The van der Waals surface area contributed by atoms with E-state index in [2.05, 4.69) is 0 Å². The van der Waals surface area contributed by atoms with Crippen molar-refractivity contribution in [2.75, 3.05) is 6.61 Å². The van der Waals surface area contributed by atoms with Crippen molar-refractivity contribution in [3.63, 3.8) is 0 Å². The molecule has 0 aliphatic rings. The highest BCUT2D eigenvalue weighted by atomic mass is 16.5. The number of hydrogen-bond acceptors (Lipinski definition) is 2. The van der Waals surface area contributed by atoms with Crippen LogP contribution in [0.5, 0.6) is 0 Å². The third-order valence-corrected chi connectivity index (χ3v) is 0.908. The monoisotopic (exact) mass is 156 g/mol. The lowest BCUT2D eigenvalue weighted by Gasteiger charge is -2.00. The third kappa shape index (κ3) is 5.21. The van der Waals surface area contributed by atoms with Crippen LogP contribution in [-0.4, -0.2) is 17.7 Å². The van der Waals surface area contributed by atoms with Crippen molar-refractivity contribution in [3.05, 3.63) is 24.0 Å². The van der Waals surface area contributed by atoms with E-state index < -0.39 is 5.97 Å². The number of aliphatic carboxylic acids is 1. The van der Waals surface area contributed by atoms with Crippen LogP contribution in [0.4, 0.5) is 0 Å². The van der Waals surface area contributed by atoms with Crippen LogP contribution >= 0.6 is 0 Å². The maximum atomic E-state index is 10.2. The van der Waals surface area contributed by atoms with Gasteiger partial charge in [0.25, 0.3) is 0 Å². The number of carboxylic acids is 1. The fourth-order valence-corrected chi connectivity index (χ4v) is 0.591. The molecule has 1 N–H and O–H groups in total. The molecule has 0 saturated carbocycles. The van der Waals surface area contributed by atoms with Crippen LogP contribution in [0.2, 0.25) is 0 Å². The number of allylic oxidation sites excluding steroid dienone is 2. The van der Waals surface area contributed by atoms with Gasteiger partial charge in [-0.1, -0.05) is 6.08 Å². The molecule has 0 aliphatic carbocycles. The summed E-state index contributed by atoms with van der Waals surface area (Å²) < 4.78 is 4.99. The minimum atomic E-state index is -0.994. The highest BCUT2D eigenvalue weighted by Crippen LogP contribution is 1.98. The summed E-state index contributed by atoms with van der Waals surface area (Å²) in [6.45, 7) is 4.08. The van der Waals surface area contributed by atoms with Gasteiger partial charge in [0, 0.05) is 0 Å². The standard InChI is InChI=1S/C8H12O3/c1-3-5-7(11-4-2)6-8(9)10/h3,5-6H,4H2,1-2H3,(H,9,10)/b5-3-,7-6+. The summed E-state index contributed by atoms with van der Waals surface area (Å²) in [5.74, 6) is -0.617. The number of rotatable bonds is 4. The van der Waals surface area contributed by atoms with Gasteiger partial charge in [0.2, 0.25) is 0 Å². The maximum Gasteiger partial charge on any atom is 0.332 e. The van der Waals surface area contributed by atoms with E-state index in [1.807, 2.05) is 0 Å². The second-order valence-corrected chi connectivity index (χ2v) is 1.82. The molecule has 0 rings (SSSR count). The second kappa shape index (κ2) is 5.53. The average molecular weight is 156 g/mol. The molecule has 0 amide bonds. The summed E-state index contributed by atoms with van der Waals surface area (Å²) in [6, 6.07) is 0. The lowest BCUT2D eigenvalue weighted by atomic mass is 10.4. The van der Waals surface area contributed by atoms with E-state index >= 15 is 0 Å². The molecule has 62 valence electrons. The van der Waals surface area contributed by atoms with Gasteiger partial charge in [-0.2, -0.15) is 0 Å². The summed E-state index contributed by atoms with van der Waals surface area (Å²) in [4.78, 5) is 10.2. The molecule has 0 aliphatic heterocycles. The number of carbonyl (C=O) groups is 1. The molecular weight excluding hydrogens is 144 g/mol. The van der Waals surface area contributed by atoms with Crippen LogP contribution in [0.15, 0.2) is 24.0 Å². The van der Waals surface area contributed by atoms with Crippen LogP contribution in [0.3, 0.4) is 0 Å². The Labute approximate surface area is 66.0 Å². The Morgan fingerprint density at radius 3 is 2.64 bits per heavy atom. The van der Waals surface area contributed by atoms with Crippen LogP contribution < -0.4 is 0 Å². The molecule has 0 saturated heterocycles. The molecule has 0 aromatic carbocycles. The lowest BCUT2D eigenvalue weighted by Crippen LogP contribution is -1.94. The van der Waals surface area contributed by atoms with Gasteiger partial charge >= 0.3 is 5.97 Å². The molecule has 0 unspecified atom stereocenters. The van der Waals surface area contributed by atoms with Crippen molar-refractivity contribution in [1.29, 1.82) is 0 Å². The Morgan fingerprint density at radius 1 is 1.64 bits per heavy atom. The topological polar surface area (TPSA) is 46.5 Å². The van der Waals surface area contributed by atoms with Crippen molar-refractivity contribution in [1.82, 2.24) is 0 Å². The van der Waals surface area contributed by atoms with Crippen molar-refractivity contribution in [3.8, 4) is 0 Å². The Balaban J connectivity index is 4.19. The summed E-state index contributed by atoms with van der Waals surface area (Å²) in [5, 5.41) is 8.35. The van der Waals surface area contributed by atoms with Crippen molar-refractivity contribution in [2.24, 2.45) is 0 Å². The predicted molar refractivity (Wildman–Crippen MR) is 42.2 cm³/mol. The number of carboxylic acid groups (broad SMARTS) is 1. The molecular formula is C8H12O3. The number of ether oxygens (including phenoxy) is 1. The summed E-state index contributed by atoms with van der Waals surface area (Å²) in [6.07, 6.45) is 4.37. The van der Waals surface area contributed by atoms with E-state index in [9.17, 15) is 4.79 Å². The smallest absolute Gasteiger partial charge is 0.332 e. The van der Waals surface area contributed by atoms with Crippen molar-refractivity contribution in [2.45, 2.75) is 13.8 Å². The highest BCUT2D eigenvalue weighted by Gasteiger charge is 1.94. The largest absolute Gasteiger partial charge is 0.494 e. The zero-order valence-electron chi connectivity index (χ0n) is 6.70. The molecule has 11 heavy (non-hydrogen) atoms. The predicted octanol–water partition coefficient (Wildman–Crippen LogP) is 1.57. The van der Waals surface area contributed by atoms with Gasteiger partial charge in [-0.25, -0.2) is 4.79 Å². The SMILES string of the molecule is C/C=C\C(=C/C(=O)O)OCC. The fraction of sp³-hybridized carbons (Fsp3) is 0.375. The minimum absolute atomic E-state index is 0.377. The molecule has 0 heterocycles. The van der Waals surface area contributed by atoms with E-state index in [4.69, 9.17) is 9.84 Å². The van der Waals surface area contributed by atoms with Crippen LogP contribution in [-0.2, 0) is 9.53 Å². The van der Waals surface area contributed by atoms with E-state index in [1.165, 1.54) is 0 Å². The summed E-state index contributed by atoms with van der Waals surface area (Å²) in [7, 11) is 0. The van der Waals surface area contributed by atoms with Gasteiger partial charge < -0.3 is 9.84 Å². The number of hydrogen-bond donors (Lipinski definition) is 1. The first-order valence-electron chi connectivity index (χ1n) is 3.40. The summed E-state index contributed by atoms with van der Waals surface area (Å²) >= 11 is 0. The average Bonchev–Trinajstić information content (AvgIpc) is 1.87. The maximum absolute atomic E-state index is 10.2.